The smallest absolute Gasteiger partial charge is 0.481 e. The van der Waals surface area contributed by atoms with E-state index in [4.69, 9.17) is 0 Å². The van der Waals surface area contributed by atoms with Gasteiger partial charge in [0.15, 0.2) is 0 Å². The van der Waals surface area contributed by atoms with Crippen LogP contribution in [0.2, 0.25) is 0 Å². The molecule has 3 unspecified atom stereocenters. The molecule has 2 aliphatic carbocycles. The van der Waals surface area contributed by atoms with Gasteiger partial charge in [0.25, 0.3) is 0 Å². The van der Waals surface area contributed by atoms with Gasteiger partial charge in [-0.15, -0.1) is 0 Å². The fraction of sp³-hybridized carbons (Fsp3) is 0.923. The predicted molar refractivity (Wildman–Crippen MR) is 72.9 cm³/mol. The third-order valence-electron chi connectivity index (χ3n) is 5.33. The summed E-state index contributed by atoms with van der Waals surface area (Å²) < 4.78 is 61.0. The minimum atomic E-state index is -5.92. The molecule has 0 aliphatic heterocycles. The van der Waals surface area contributed by atoms with Crippen LogP contribution in [0.3, 0.4) is 0 Å². The largest absolute Gasteiger partial charge is 0.513 e. The molecule has 2 N–H and O–H groups in total. The van der Waals surface area contributed by atoms with Crippen molar-refractivity contribution in [2.45, 2.75) is 62.9 Å². The normalized spacial score (nSPS) is 35.3. The number of sulfonamides is 1. The zero-order valence-corrected chi connectivity index (χ0v) is 13.5. The lowest BCUT2D eigenvalue weighted by Gasteiger charge is -2.53. The summed E-state index contributed by atoms with van der Waals surface area (Å²) >= 11 is 0. The topological polar surface area (TPSA) is 94.9 Å². The van der Waals surface area contributed by atoms with Crippen molar-refractivity contribution in [3.8, 4) is 0 Å². The lowest BCUT2D eigenvalue weighted by molar-refractivity contribution is -0.181. The molecule has 0 radical (unpaired) electrons. The summed E-state index contributed by atoms with van der Waals surface area (Å²) in [5.74, 6) is -1.37. The van der Waals surface area contributed by atoms with E-state index in [1.807, 2.05) is 0 Å². The van der Waals surface area contributed by atoms with Gasteiger partial charge in [0.1, 0.15) is 0 Å². The van der Waals surface area contributed by atoms with Gasteiger partial charge in [-0.25, -0.2) is 8.42 Å². The number of aliphatic carboxylic acids is 1. The summed E-state index contributed by atoms with van der Waals surface area (Å²) in [6, 6.07) is 0. The van der Waals surface area contributed by atoms with Crippen LogP contribution in [0.15, 0.2) is 0 Å². The Morgan fingerprint density at radius 1 is 1.35 bits per heavy atom. The summed E-state index contributed by atoms with van der Waals surface area (Å²) in [6.07, 6.45) is 1.29. The minimum absolute atomic E-state index is 0.0182. The number of carboxylic acids is 1. The van der Waals surface area contributed by atoms with E-state index in [9.17, 15) is 36.7 Å². The highest BCUT2D eigenvalue weighted by Crippen LogP contribution is 2.55. The molecular weight excluding hydrogens is 339 g/mol. The van der Waals surface area contributed by atoms with Crippen molar-refractivity contribution >= 4 is 16.0 Å². The van der Waals surface area contributed by atoms with Crippen LogP contribution in [-0.4, -0.2) is 40.2 Å². The SMILES string of the molecule is CCC1(C(=O)O)CC2CCCC(N(O)S(=O)(=O)C(F)(F)F)(C2)C1. The lowest BCUT2D eigenvalue weighted by atomic mass is 9.56. The van der Waals surface area contributed by atoms with Crippen LogP contribution < -0.4 is 0 Å². The van der Waals surface area contributed by atoms with Crippen LogP contribution in [-0.2, 0) is 14.8 Å². The molecule has 2 bridgehead atoms. The number of hydrogen-bond donors (Lipinski definition) is 2. The Balaban J connectivity index is 2.47. The minimum Gasteiger partial charge on any atom is -0.481 e. The van der Waals surface area contributed by atoms with Gasteiger partial charge >= 0.3 is 21.5 Å². The van der Waals surface area contributed by atoms with Crippen molar-refractivity contribution < 1.29 is 36.7 Å². The fourth-order valence-electron chi connectivity index (χ4n) is 4.23. The number of hydroxylamine groups is 1. The van der Waals surface area contributed by atoms with E-state index >= 15 is 0 Å². The van der Waals surface area contributed by atoms with Gasteiger partial charge in [0, 0.05) is 0 Å². The van der Waals surface area contributed by atoms with Crippen molar-refractivity contribution in [3.63, 3.8) is 0 Å². The third-order valence-corrected chi connectivity index (χ3v) is 6.75. The molecule has 2 fully saturated rings. The molecule has 0 saturated heterocycles. The van der Waals surface area contributed by atoms with E-state index in [0.29, 0.717) is 19.3 Å². The first-order chi connectivity index (χ1) is 10.4. The Morgan fingerprint density at radius 3 is 2.43 bits per heavy atom. The van der Waals surface area contributed by atoms with E-state index in [-0.39, 0.29) is 31.6 Å². The van der Waals surface area contributed by atoms with Crippen LogP contribution >= 0.6 is 0 Å². The van der Waals surface area contributed by atoms with Crippen molar-refractivity contribution in [3.05, 3.63) is 0 Å². The molecule has 0 spiro atoms. The number of nitrogens with zero attached hydrogens (tertiary/aromatic N) is 1. The molecule has 0 aromatic rings. The predicted octanol–water partition coefficient (Wildman–Crippen LogP) is 2.73. The zero-order chi connectivity index (χ0) is 17.7. The highest BCUT2D eigenvalue weighted by atomic mass is 32.2. The Labute approximate surface area is 132 Å². The molecule has 10 heteroatoms. The highest BCUT2D eigenvalue weighted by Gasteiger charge is 2.62. The quantitative estimate of drug-likeness (QED) is 0.753. The third kappa shape index (κ3) is 2.85. The van der Waals surface area contributed by atoms with Crippen LogP contribution in [0, 0.1) is 11.3 Å². The molecule has 0 aromatic carbocycles. The Hall–Kier alpha value is -0.870. The van der Waals surface area contributed by atoms with Gasteiger partial charge in [-0.05, 0) is 38.0 Å². The van der Waals surface area contributed by atoms with Crippen molar-refractivity contribution in [1.82, 2.24) is 4.47 Å². The molecule has 2 aliphatic rings. The number of alkyl halides is 3. The Bertz CT molecular complexity index is 593. The van der Waals surface area contributed by atoms with Gasteiger partial charge in [-0.1, -0.05) is 24.2 Å². The van der Waals surface area contributed by atoms with Crippen molar-refractivity contribution in [1.29, 1.82) is 0 Å². The van der Waals surface area contributed by atoms with E-state index in [2.05, 4.69) is 0 Å². The van der Waals surface area contributed by atoms with E-state index in [1.165, 1.54) is 0 Å². The second-order valence-corrected chi connectivity index (χ2v) is 8.46. The molecule has 0 aromatic heterocycles. The number of carbonyl (C=O) groups is 1. The molecule has 134 valence electrons. The molecule has 6 nitrogen and oxygen atoms in total. The number of rotatable bonds is 4. The fourth-order valence-corrected chi connectivity index (χ4v) is 5.16. The molecule has 3 atom stereocenters. The molecule has 0 amide bonds. The molecule has 2 rings (SSSR count). The summed E-state index contributed by atoms with van der Waals surface area (Å²) in [5, 5.41) is 19.5. The molecular formula is C13H20F3NO5S. The molecule has 2 saturated carbocycles. The van der Waals surface area contributed by atoms with Gasteiger partial charge in [0.05, 0.1) is 11.0 Å². The monoisotopic (exact) mass is 359 g/mol. The van der Waals surface area contributed by atoms with Gasteiger partial charge in [-0.2, -0.15) is 13.2 Å². The first-order valence-electron chi connectivity index (χ1n) is 7.44. The average molecular weight is 359 g/mol. The van der Waals surface area contributed by atoms with Gasteiger partial charge < -0.3 is 5.11 Å². The van der Waals surface area contributed by atoms with Crippen molar-refractivity contribution in [2.24, 2.45) is 11.3 Å². The standard InChI is InChI=1S/C13H20F3NO5S/c1-2-11(10(18)19)6-9-4-3-5-12(7-9,8-11)17(20)23(21,22)13(14,15)16/h9,20H,2-8H2,1H3,(H,18,19). The van der Waals surface area contributed by atoms with Gasteiger partial charge in [-0.3, -0.25) is 10.0 Å². The van der Waals surface area contributed by atoms with E-state index < -0.39 is 36.9 Å². The molecule has 23 heavy (non-hydrogen) atoms. The lowest BCUT2D eigenvalue weighted by Crippen LogP contribution is -2.61. The van der Waals surface area contributed by atoms with Crippen LogP contribution in [0.5, 0.6) is 0 Å². The first kappa shape index (κ1) is 18.5. The van der Waals surface area contributed by atoms with Crippen molar-refractivity contribution in [2.75, 3.05) is 0 Å². The number of fused-ring (bicyclic) bond motifs is 2. The van der Waals surface area contributed by atoms with Crippen LogP contribution in [0.25, 0.3) is 0 Å². The summed E-state index contributed by atoms with van der Waals surface area (Å²) in [4.78, 5) is 11.7. The van der Waals surface area contributed by atoms with Crippen LogP contribution in [0.1, 0.15) is 51.9 Å². The first-order valence-corrected chi connectivity index (χ1v) is 8.88. The van der Waals surface area contributed by atoms with Crippen LogP contribution in [0.4, 0.5) is 13.2 Å². The summed E-state index contributed by atoms with van der Waals surface area (Å²) in [7, 11) is -5.92. The zero-order valence-electron chi connectivity index (χ0n) is 12.6. The second kappa shape index (κ2) is 5.59. The van der Waals surface area contributed by atoms with Gasteiger partial charge in [0.2, 0.25) is 0 Å². The maximum atomic E-state index is 12.8. The maximum absolute atomic E-state index is 12.8. The van der Waals surface area contributed by atoms with E-state index in [1.54, 1.807) is 6.92 Å². The number of hydrogen-bond acceptors (Lipinski definition) is 4. The Morgan fingerprint density at radius 2 is 1.96 bits per heavy atom. The second-order valence-electron chi connectivity index (χ2n) is 6.70. The maximum Gasteiger partial charge on any atom is 0.513 e. The number of halogens is 3. The Kier molecular flexibility index (Phi) is 4.49. The highest BCUT2D eigenvalue weighted by molar-refractivity contribution is 7.89. The average Bonchev–Trinajstić information content (AvgIpc) is 2.44. The summed E-state index contributed by atoms with van der Waals surface area (Å²) in [5.41, 5.74) is -8.64. The number of carboxylic acid groups (broad SMARTS) is 1. The van der Waals surface area contributed by atoms with E-state index in [0.717, 1.165) is 0 Å². The molecule has 0 heterocycles. The summed E-state index contributed by atoms with van der Waals surface area (Å²) in [6.45, 7) is 1.61.